The van der Waals surface area contributed by atoms with Crippen LogP contribution in [0.4, 0.5) is 11.4 Å². The van der Waals surface area contributed by atoms with Gasteiger partial charge in [-0.05, 0) is 35.9 Å². The Bertz CT molecular complexity index is 1330. The molecule has 4 rings (SSSR count). The topological polar surface area (TPSA) is 137 Å². The van der Waals surface area contributed by atoms with Gasteiger partial charge in [-0.1, -0.05) is 24.3 Å². The Morgan fingerprint density at radius 2 is 1.73 bits per heavy atom. The number of carbonyl (C=O) groups excluding carboxylic acids is 1. The standard InChI is InChI=1S/C22H19N3O7S/c26-22(23-14-15-8-9-20-21(12-15)32-11-10-31-20)18-6-1-2-7-19(18)24-33(29,30)17-5-3-4-16(13-17)25(27)28/h1-9,12-13,24H,10-11,14H2,(H,23,26). The molecular weight excluding hydrogens is 450 g/mol. The number of hydrogen-bond donors (Lipinski definition) is 2. The van der Waals surface area contributed by atoms with E-state index in [9.17, 15) is 23.3 Å². The lowest BCUT2D eigenvalue weighted by Crippen LogP contribution is -2.25. The fraction of sp³-hybridized carbons (Fsp3) is 0.136. The molecule has 33 heavy (non-hydrogen) atoms. The van der Waals surface area contributed by atoms with Gasteiger partial charge in [-0.2, -0.15) is 0 Å². The van der Waals surface area contributed by atoms with Crippen molar-refractivity contribution in [3.63, 3.8) is 0 Å². The Balaban J connectivity index is 1.50. The molecule has 0 radical (unpaired) electrons. The van der Waals surface area contributed by atoms with Gasteiger partial charge in [0, 0.05) is 18.7 Å². The second kappa shape index (κ2) is 9.17. The van der Waals surface area contributed by atoms with Gasteiger partial charge in [0.05, 0.1) is 21.1 Å². The minimum Gasteiger partial charge on any atom is -0.486 e. The van der Waals surface area contributed by atoms with Crippen LogP contribution < -0.4 is 19.5 Å². The molecule has 0 atom stereocenters. The Morgan fingerprint density at radius 1 is 0.970 bits per heavy atom. The number of anilines is 1. The average Bonchev–Trinajstić information content (AvgIpc) is 2.82. The van der Waals surface area contributed by atoms with Gasteiger partial charge in [-0.15, -0.1) is 0 Å². The molecule has 1 aliphatic rings. The fourth-order valence-electron chi connectivity index (χ4n) is 3.21. The summed E-state index contributed by atoms with van der Waals surface area (Å²) in [6.07, 6.45) is 0. The maximum absolute atomic E-state index is 12.8. The number of carbonyl (C=O) groups is 1. The third-order valence-electron chi connectivity index (χ3n) is 4.81. The number of rotatable bonds is 7. The van der Waals surface area contributed by atoms with E-state index in [4.69, 9.17) is 9.47 Å². The molecule has 0 unspecified atom stereocenters. The molecule has 0 saturated heterocycles. The molecule has 2 N–H and O–H groups in total. The van der Waals surface area contributed by atoms with Gasteiger partial charge in [0.1, 0.15) is 13.2 Å². The molecule has 0 bridgehead atoms. The van der Waals surface area contributed by atoms with E-state index in [0.717, 1.165) is 11.6 Å². The van der Waals surface area contributed by atoms with Gasteiger partial charge in [0.25, 0.3) is 21.6 Å². The molecule has 0 aliphatic carbocycles. The van der Waals surface area contributed by atoms with Crippen LogP contribution in [0.2, 0.25) is 0 Å². The van der Waals surface area contributed by atoms with E-state index in [1.807, 2.05) is 0 Å². The lowest BCUT2D eigenvalue weighted by molar-refractivity contribution is -0.385. The van der Waals surface area contributed by atoms with Gasteiger partial charge in [0.2, 0.25) is 0 Å². The number of hydrogen-bond acceptors (Lipinski definition) is 7. The van der Waals surface area contributed by atoms with Gasteiger partial charge < -0.3 is 14.8 Å². The molecule has 3 aromatic rings. The maximum atomic E-state index is 12.8. The summed E-state index contributed by atoms with van der Waals surface area (Å²) in [6, 6.07) is 16.1. The number of ether oxygens (including phenoxy) is 2. The molecule has 1 aliphatic heterocycles. The van der Waals surface area contributed by atoms with Crippen molar-refractivity contribution in [2.45, 2.75) is 11.4 Å². The second-order valence-electron chi connectivity index (χ2n) is 7.07. The number of sulfonamides is 1. The summed E-state index contributed by atoms with van der Waals surface area (Å²) in [6.45, 7) is 1.11. The number of fused-ring (bicyclic) bond motifs is 1. The van der Waals surface area contributed by atoms with Crippen LogP contribution >= 0.6 is 0 Å². The zero-order valence-corrected chi connectivity index (χ0v) is 18.0. The van der Waals surface area contributed by atoms with Crippen molar-refractivity contribution in [1.82, 2.24) is 5.32 Å². The van der Waals surface area contributed by atoms with Crippen LogP contribution in [0.1, 0.15) is 15.9 Å². The minimum atomic E-state index is -4.17. The molecule has 170 valence electrons. The van der Waals surface area contributed by atoms with Crippen molar-refractivity contribution in [3.05, 3.63) is 88.0 Å². The number of nitro groups is 1. The van der Waals surface area contributed by atoms with Gasteiger partial charge in [-0.25, -0.2) is 8.42 Å². The lowest BCUT2D eigenvalue weighted by atomic mass is 10.1. The highest BCUT2D eigenvalue weighted by Crippen LogP contribution is 2.30. The number of para-hydroxylation sites is 1. The minimum absolute atomic E-state index is 0.0451. The zero-order chi connectivity index (χ0) is 23.4. The van der Waals surface area contributed by atoms with Gasteiger partial charge >= 0.3 is 0 Å². The van der Waals surface area contributed by atoms with E-state index in [2.05, 4.69) is 10.0 Å². The normalized spacial score (nSPS) is 12.6. The van der Waals surface area contributed by atoms with E-state index in [1.165, 1.54) is 30.3 Å². The Hall–Kier alpha value is -4.12. The zero-order valence-electron chi connectivity index (χ0n) is 17.2. The third-order valence-corrected chi connectivity index (χ3v) is 6.18. The SMILES string of the molecule is O=C(NCc1ccc2c(c1)OCCO2)c1ccccc1NS(=O)(=O)c1cccc([N+](=O)[O-])c1. The van der Waals surface area contributed by atoms with Crippen LogP contribution in [-0.2, 0) is 16.6 Å². The summed E-state index contributed by atoms with van der Waals surface area (Å²) >= 11 is 0. The smallest absolute Gasteiger partial charge is 0.270 e. The first-order valence-corrected chi connectivity index (χ1v) is 11.3. The number of amides is 1. The van der Waals surface area contributed by atoms with Crippen molar-refractivity contribution in [2.24, 2.45) is 0 Å². The third kappa shape index (κ3) is 5.04. The molecule has 0 aromatic heterocycles. The number of nitrogens with one attached hydrogen (secondary N) is 2. The average molecular weight is 469 g/mol. The van der Waals surface area contributed by atoms with Crippen molar-refractivity contribution < 1.29 is 27.6 Å². The number of non-ortho nitro benzene ring substituents is 1. The molecule has 0 saturated carbocycles. The van der Waals surface area contributed by atoms with Crippen LogP contribution in [0.5, 0.6) is 11.5 Å². The molecule has 11 heteroatoms. The lowest BCUT2D eigenvalue weighted by Gasteiger charge is -2.19. The van der Waals surface area contributed by atoms with E-state index in [1.54, 1.807) is 30.3 Å². The highest BCUT2D eigenvalue weighted by Gasteiger charge is 2.21. The summed E-state index contributed by atoms with van der Waals surface area (Å²) < 4.78 is 38.9. The van der Waals surface area contributed by atoms with E-state index in [-0.39, 0.29) is 28.4 Å². The largest absolute Gasteiger partial charge is 0.486 e. The maximum Gasteiger partial charge on any atom is 0.270 e. The Kier molecular flexibility index (Phi) is 6.13. The van der Waals surface area contributed by atoms with Crippen molar-refractivity contribution in [2.75, 3.05) is 17.9 Å². The van der Waals surface area contributed by atoms with Crippen LogP contribution in [0.3, 0.4) is 0 Å². The Labute approximate surface area is 189 Å². The summed E-state index contributed by atoms with van der Waals surface area (Å²) in [5.41, 5.74) is 0.568. The predicted octanol–water partition coefficient (Wildman–Crippen LogP) is 3.10. The van der Waals surface area contributed by atoms with Crippen molar-refractivity contribution in [1.29, 1.82) is 0 Å². The van der Waals surface area contributed by atoms with Gasteiger partial charge in [0.15, 0.2) is 11.5 Å². The Morgan fingerprint density at radius 3 is 2.52 bits per heavy atom. The van der Waals surface area contributed by atoms with E-state index in [0.29, 0.717) is 24.7 Å². The number of nitrogens with zero attached hydrogens (tertiary/aromatic N) is 1. The molecule has 1 heterocycles. The molecule has 0 spiro atoms. The fourth-order valence-corrected chi connectivity index (χ4v) is 4.33. The van der Waals surface area contributed by atoms with Crippen LogP contribution in [0, 0.1) is 10.1 Å². The molecular formula is C22H19N3O7S. The summed E-state index contributed by atoms with van der Waals surface area (Å²) in [7, 11) is -4.17. The quantitative estimate of drug-likeness (QED) is 0.401. The summed E-state index contributed by atoms with van der Waals surface area (Å²) in [5, 5.41) is 13.7. The van der Waals surface area contributed by atoms with Crippen LogP contribution in [0.25, 0.3) is 0 Å². The second-order valence-corrected chi connectivity index (χ2v) is 8.75. The first-order valence-electron chi connectivity index (χ1n) is 9.86. The summed E-state index contributed by atoms with van der Waals surface area (Å²) in [4.78, 5) is 22.8. The predicted molar refractivity (Wildman–Crippen MR) is 119 cm³/mol. The van der Waals surface area contributed by atoms with Crippen LogP contribution in [-0.4, -0.2) is 32.5 Å². The summed E-state index contributed by atoms with van der Waals surface area (Å²) in [5.74, 6) is 0.734. The van der Waals surface area contributed by atoms with Gasteiger partial charge in [-0.3, -0.25) is 19.6 Å². The van der Waals surface area contributed by atoms with Crippen molar-refractivity contribution in [3.8, 4) is 11.5 Å². The first-order chi connectivity index (χ1) is 15.8. The number of nitro benzene ring substituents is 1. The number of benzene rings is 3. The molecule has 10 nitrogen and oxygen atoms in total. The first kappa shape index (κ1) is 22.1. The van der Waals surface area contributed by atoms with E-state index < -0.39 is 20.9 Å². The van der Waals surface area contributed by atoms with E-state index >= 15 is 0 Å². The monoisotopic (exact) mass is 469 g/mol. The highest BCUT2D eigenvalue weighted by molar-refractivity contribution is 7.92. The van der Waals surface area contributed by atoms with Crippen LogP contribution in [0.15, 0.2) is 71.6 Å². The molecule has 1 amide bonds. The molecule has 0 fully saturated rings. The van der Waals surface area contributed by atoms with Crippen molar-refractivity contribution >= 4 is 27.3 Å². The highest BCUT2D eigenvalue weighted by atomic mass is 32.2. The molecule has 3 aromatic carbocycles.